The Kier molecular flexibility index (Phi) is 5.03. The highest BCUT2D eigenvalue weighted by atomic mass is 16.2. The summed E-state index contributed by atoms with van der Waals surface area (Å²) in [7, 11) is 1.77. The quantitative estimate of drug-likeness (QED) is 0.693. The van der Waals surface area contributed by atoms with Crippen LogP contribution in [0.15, 0.2) is 48.7 Å². The molecule has 1 amide bonds. The lowest BCUT2D eigenvalue weighted by atomic mass is 10.1. The van der Waals surface area contributed by atoms with Gasteiger partial charge in [-0.05, 0) is 60.7 Å². The Morgan fingerprint density at radius 2 is 1.77 bits per heavy atom. The largest absolute Gasteiger partial charge is 0.320 e. The zero-order chi connectivity index (χ0) is 18.7. The molecule has 0 aliphatic rings. The molecule has 0 atom stereocenters. The minimum Gasteiger partial charge on any atom is -0.320 e. The van der Waals surface area contributed by atoms with Crippen molar-refractivity contribution in [1.29, 1.82) is 0 Å². The molecule has 132 valence electrons. The minimum atomic E-state index is -0.145. The molecule has 0 spiro atoms. The van der Waals surface area contributed by atoms with Gasteiger partial charge in [0.2, 0.25) is 0 Å². The molecule has 1 N–H and O–H groups in total. The summed E-state index contributed by atoms with van der Waals surface area (Å²) in [6.07, 6.45) is 5.90. The Morgan fingerprint density at radius 1 is 1.00 bits per heavy atom. The number of benzene rings is 2. The van der Waals surface area contributed by atoms with Crippen molar-refractivity contribution in [3.63, 3.8) is 0 Å². The monoisotopic (exact) mass is 345 g/mol. The normalized spacial score (nSPS) is 11.1. The molecule has 0 saturated carbocycles. The summed E-state index contributed by atoms with van der Waals surface area (Å²) in [5.74, 6) is -0.145. The summed E-state index contributed by atoms with van der Waals surface area (Å²) >= 11 is 0. The van der Waals surface area contributed by atoms with E-state index < -0.39 is 0 Å². The third-order valence-electron chi connectivity index (χ3n) is 4.48. The van der Waals surface area contributed by atoms with E-state index in [0.717, 1.165) is 22.4 Å². The van der Waals surface area contributed by atoms with Crippen molar-refractivity contribution in [2.24, 2.45) is 7.05 Å². The van der Waals surface area contributed by atoms with Gasteiger partial charge in [-0.1, -0.05) is 42.5 Å². The van der Waals surface area contributed by atoms with E-state index in [9.17, 15) is 4.79 Å². The SMILES string of the molecule is Cc1ccccc1/C=C/c1ccc(NC(=O)c2c(C)cnn2C)c(C)c1. The van der Waals surface area contributed by atoms with Crippen molar-refractivity contribution in [2.75, 3.05) is 5.32 Å². The molecule has 0 aliphatic carbocycles. The highest BCUT2D eigenvalue weighted by Crippen LogP contribution is 2.20. The summed E-state index contributed by atoms with van der Waals surface area (Å²) in [6.45, 7) is 5.98. The number of nitrogens with one attached hydrogen (secondary N) is 1. The van der Waals surface area contributed by atoms with Gasteiger partial charge in [0.05, 0.1) is 6.20 Å². The molecule has 0 fully saturated rings. The number of nitrogens with zero attached hydrogens (tertiary/aromatic N) is 2. The van der Waals surface area contributed by atoms with Gasteiger partial charge in [0, 0.05) is 12.7 Å². The first-order chi connectivity index (χ1) is 12.5. The van der Waals surface area contributed by atoms with Gasteiger partial charge in [0.1, 0.15) is 5.69 Å². The van der Waals surface area contributed by atoms with Gasteiger partial charge in [-0.2, -0.15) is 5.10 Å². The topological polar surface area (TPSA) is 46.9 Å². The molecule has 26 heavy (non-hydrogen) atoms. The second-order valence-corrected chi connectivity index (χ2v) is 6.52. The molecule has 0 aliphatic heterocycles. The molecule has 0 bridgehead atoms. The summed E-state index contributed by atoms with van der Waals surface area (Å²) in [5, 5.41) is 7.10. The fraction of sp³-hybridized carbons (Fsp3) is 0.182. The standard InChI is InChI=1S/C22H23N3O/c1-15-7-5-6-8-19(15)11-9-18-10-12-20(16(2)13-18)24-22(26)21-17(3)14-23-25(21)4/h5-14H,1-4H3,(H,24,26)/b11-9+. The van der Waals surface area contributed by atoms with Crippen molar-refractivity contribution in [3.8, 4) is 0 Å². The van der Waals surface area contributed by atoms with Crippen molar-refractivity contribution in [1.82, 2.24) is 9.78 Å². The van der Waals surface area contributed by atoms with E-state index in [0.29, 0.717) is 5.69 Å². The second kappa shape index (κ2) is 7.40. The van der Waals surface area contributed by atoms with E-state index in [4.69, 9.17) is 0 Å². The molecule has 4 heteroatoms. The molecular weight excluding hydrogens is 322 g/mol. The van der Waals surface area contributed by atoms with E-state index in [2.05, 4.69) is 47.7 Å². The highest BCUT2D eigenvalue weighted by Gasteiger charge is 2.15. The van der Waals surface area contributed by atoms with E-state index >= 15 is 0 Å². The number of hydrogen-bond donors (Lipinski definition) is 1. The maximum atomic E-state index is 12.5. The summed E-state index contributed by atoms with van der Waals surface area (Å²) in [4.78, 5) is 12.5. The molecule has 0 saturated heterocycles. The fourth-order valence-electron chi connectivity index (χ4n) is 2.95. The first-order valence-corrected chi connectivity index (χ1v) is 8.60. The first kappa shape index (κ1) is 17.7. The van der Waals surface area contributed by atoms with Gasteiger partial charge in [-0.15, -0.1) is 0 Å². The molecule has 1 aromatic heterocycles. The maximum absolute atomic E-state index is 12.5. The number of aryl methyl sites for hydroxylation is 4. The minimum absolute atomic E-state index is 0.145. The summed E-state index contributed by atoms with van der Waals surface area (Å²) < 4.78 is 1.60. The van der Waals surface area contributed by atoms with Gasteiger partial charge >= 0.3 is 0 Å². The van der Waals surface area contributed by atoms with Crippen LogP contribution in [0.5, 0.6) is 0 Å². The van der Waals surface area contributed by atoms with Crippen LogP contribution in [0.2, 0.25) is 0 Å². The number of carbonyl (C=O) groups is 1. The Bertz CT molecular complexity index is 963. The zero-order valence-electron chi connectivity index (χ0n) is 15.6. The van der Waals surface area contributed by atoms with Crippen LogP contribution < -0.4 is 5.32 Å². The smallest absolute Gasteiger partial charge is 0.274 e. The van der Waals surface area contributed by atoms with Gasteiger partial charge in [-0.3, -0.25) is 9.48 Å². The fourth-order valence-corrected chi connectivity index (χ4v) is 2.95. The molecule has 3 aromatic rings. The number of rotatable bonds is 4. The molecule has 0 unspecified atom stereocenters. The predicted octanol–water partition coefficient (Wildman–Crippen LogP) is 4.77. The lowest BCUT2D eigenvalue weighted by Crippen LogP contribution is -2.17. The Morgan fingerprint density at radius 3 is 2.42 bits per heavy atom. The van der Waals surface area contributed by atoms with Crippen molar-refractivity contribution in [3.05, 3.63) is 82.2 Å². The van der Waals surface area contributed by atoms with E-state index in [-0.39, 0.29) is 5.91 Å². The van der Waals surface area contributed by atoms with E-state index in [1.165, 1.54) is 11.1 Å². The number of carbonyl (C=O) groups excluding carboxylic acids is 1. The summed E-state index contributed by atoms with van der Waals surface area (Å²) in [6, 6.07) is 14.3. The van der Waals surface area contributed by atoms with Crippen LogP contribution in [-0.4, -0.2) is 15.7 Å². The third kappa shape index (κ3) is 3.75. The lowest BCUT2D eigenvalue weighted by molar-refractivity contribution is 0.101. The average Bonchev–Trinajstić information content (AvgIpc) is 2.95. The van der Waals surface area contributed by atoms with Crippen LogP contribution >= 0.6 is 0 Å². The maximum Gasteiger partial charge on any atom is 0.274 e. The highest BCUT2D eigenvalue weighted by molar-refractivity contribution is 6.04. The Balaban J connectivity index is 1.78. The molecular formula is C22H23N3O. The van der Waals surface area contributed by atoms with Gasteiger partial charge in [-0.25, -0.2) is 0 Å². The van der Waals surface area contributed by atoms with Crippen LogP contribution in [0.4, 0.5) is 5.69 Å². The predicted molar refractivity (Wildman–Crippen MR) is 107 cm³/mol. The Labute approximate surface area is 154 Å². The number of amides is 1. The summed E-state index contributed by atoms with van der Waals surface area (Å²) in [5.41, 5.74) is 6.81. The lowest BCUT2D eigenvalue weighted by Gasteiger charge is -2.10. The van der Waals surface area contributed by atoms with E-state index in [1.54, 1.807) is 17.9 Å². The molecule has 0 radical (unpaired) electrons. The zero-order valence-corrected chi connectivity index (χ0v) is 15.6. The molecule has 3 rings (SSSR count). The molecule has 4 nitrogen and oxygen atoms in total. The van der Waals surface area contributed by atoms with Crippen molar-refractivity contribution in [2.45, 2.75) is 20.8 Å². The number of aromatic nitrogens is 2. The van der Waals surface area contributed by atoms with E-state index in [1.807, 2.05) is 38.1 Å². The Hall–Kier alpha value is -3.14. The van der Waals surface area contributed by atoms with Crippen molar-refractivity contribution < 1.29 is 4.79 Å². The van der Waals surface area contributed by atoms with Gasteiger partial charge in [0.25, 0.3) is 5.91 Å². The van der Waals surface area contributed by atoms with Crippen molar-refractivity contribution >= 4 is 23.7 Å². The van der Waals surface area contributed by atoms with Crippen LogP contribution in [0, 0.1) is 20.8 Å². The van der Waals surface area contributed by atoms with Crippen LogP contribution in [0.1, 0.15) is 38.3 Å². The number of anilines is 1. The molecule has 1 heterocycles. The van der Waals surface area contributed by atoms with Crippen LogP contribution in [0.3, 0.4) is 0 Å². The average molecular weight is 345 g/mol. The number of hydrogen-bond acceptors (Lipinski definition) is 2. The molecule has 2 aromatic carbocycles. The first-order valence-electron chi connectivity index (χ1n) is 8.60. The van der Waals surface area contributed by atoms with Crippen LogP contribution in [0.25, 0.3) is 12.2 Å². The third-order valence-corrected chi connectivity index (χ3v) is 4.48. The van der Waals surface area contributed by atoms with Gasteiger partial charge < -0.3 is 5.32 Å². The second-order valence-electron chi connectivity index (χ2n) is 6.52. The van der Waals surface area contributed by atoms with Crippen LogP contribution in [-0.2, 0) is 7.05 Å². The van der Waals surface area contributed by atoms with Gasteiger partial charge in [0.15, 0.2) is 0 Å².